The molecule has 3 unspecified atom stereocenters. The predicted molar refractivity (Wildman–Crippen MR) is 95.1 cm³/mol. The largest absolute Gasteiger partial charge is 0.396 e. The Morgan fingerprint density at radius 3 is 2.69 bits per heavy atom. The number of carbonyl (C=O) groups excluding carboxylic acids is 2. The van der Waals surface area contributed by atoms with E-state index in [-0.39, 0.29) is 47.3 Å². The molecule has 4 aliphatic carbocycles. The summed E-state index contributed by atoms with van der Waals surface area (Å²) in [5, 5.41) is 30.9. The third-order valence-electron chi connectivity index (χ3n) is 8.46. The summed E-state index contributed by atoms with van der Waals surface area (Å²) in [5.41, 5.74) is 0.436. The van der Waals surface area contributed by atoms with Crippen LogP contribution in [0.5, 0.6) is 0 Å². The van der Waals surface area contributed by atoms with Gasteiger partial charge in [0.2, 0.25) is 0 Å². The van der Waals surface area contributed by atoms with Gasteiger partial charge in [0.25, 0.3) is 0 Å². The van der Waals surface area contributed by atoms with Gasteiger partial charge in [-0.1, -0.05) is 12.5 Å². The second-order valence-corrected chi connectivity index (χ2v) is 9.31. The Labute approximate surface area is 154 Å². The maximum atomic E-state index is 12.3. The lowest BCUT2D eigenvalue weighted by molar-refractivity contribution is -0.158. The number of carbonyl (C=O) groups is 2. The third-order valence-corrected chi connectivity index (χ3v) is 8.46. The SMILES string of the molecule is C[C@]12CCC(=O)C=C1CCC1C3CC[C@H](C(=O)CO)[C@@]3(CO)C[C@H](O)C12. The maximum Gasteiger partial charge on any atom is 0.161 e. The molecule has 144 valence electrons. The molecule has 4 aliphatic rings. The van der Waals surface area contributed by atoms with Crippen molar-refractivity contribution in [1.29, 1.82) is 0 Å². The molecule has 0 aliphatic heterocycles. The van der Waals surface area contributed by atoms with Gasteiger partial charge in [-0.05, 0) is 67.8 Å². The van der Waals surface area contributed by atoms with Crippen molar-refractivity contribution < 1.29 is 24.9 Å². The van der Waals surface area contributed by atoms with Crippen molar-refractivity contribution in [3.63, 3.8) is 0 Å². The highest BCUT2D eigenvalue weighted by atomic mass is 16.3. The smallest absolute Gasteiger partial charge is 0.161 e. The molecule has 0 heterocycles. The standard InChI is InChI=1S/C21H30O5/c1-20-7-6-13(24)8-12(20)2-3-14-15-4-5-16(18(26)10-22)21(15,11-23)9-17(25)19(14)20/h8,14-17,19,22-23,25H,2-7,9-11H2,1H3/t14?,15?,16-,17+,19?,20+,21-/m1/s1. The molecule has 5 heteroatoms. The van der Waals surface area contributed by atoms with Gasteiger partial charge in [0.1, 0.15) is 6.61 Å². The second kappa shape index (κ2) is 6.25. The summed E-state index contributed by atoms with van der Waals surface area (Å²) in [6.45, 7) is 1.60. The Hall–Kier alpha value is -1.04. The number of rotatable bonds is 3. The highest BCUT2D eigenvalue weighted by molar-refractivity contribution is 5.91. The third kappa shape index (κ3) is 2.33. The van der Waals surface area contributed by atoms with Crippen molar-refractivity contribution in [1.82, 2.24) is 0 Å². The lowest BCUT2D eigenvalue weighted by Gasteiger charge is -2.60. The number of allylic oxidation sites excluding steroid dienone is 1. The average molecular weight is 362 g/mol. The summed E-state index contributed by atoms with van der Waals surface area (Å²) in [5.74, 6) is 0.202. The predicted octanol–water partition coefficient (Wildman–Crippen LogP) is 1.64. The molecule has 4 rings (SSSR count). The topological polar surface area (TPSA) is 94.8 Å². The normalized spacial score (nSPS) is 47.6. The lowest BCUT2D eigenvalue weighted by Crippen LogP contribution is -2.59. The Bertz CT molecular complexity index is 655. The lowest BCUT2D eigenvalue weighted by atomic mass is 9.45. The molecule has 0 radical (unpaired) electrons. The molecule has 7 atom stereocenters. The van der Waals surface area contributed by atoms with E-state index in [1.165, 1.54) is 5.57 Å². The molecule has 0 amide bonds. The zero-order valence-corrected chi connectivity index (χ0v) is 15.5. The van der Waals surface area contributed by atoms with Crippen LogP contribution >= 0.6 is 0 Å². The van der Waals surface area contributed by atoms with Crippen LogP contribution in [0.2, 0.25) is 0 Å². The van der Waals surface area contributed by atoms with Crippen LogP contribution in [0.4, 0.5) is 0 Å². The van der Waals surface area contributed by atoms with Gasteiger partial charge < -0.3 is 15.3 Å². The molecule has 0 aromatic rings. The van der Waals surface area contributed by atoms with Crippen LogP contribution in [-0.4, -0.2) is 46.2 Å². The van der Waals surface area contributed by atoms with E-state index in [1.807, 2.05) is 6.08 Å². The molecule has 0 spiro atoms. The highest BCUT2D eigenvalue weighted by Gasteiger charge is 2.64. The molecule has 0 bridgehead atoms. The molecule has 0 aromatic heterocycles. The number of hydrogen-bond acceptors (Lipinski definition) is 5. The van der Waals surface area contributed by atoms with Gasteiger partial charge in [-0.3, -0.25) is 9.59 Å². The van der Waals surface area contributed by atoms with Crippen LogP contribution in [0.25, 0.3) is 0 Å². The van der Waals surface area contributed by atoms with E-state index in [1.54, 1.807) is 0 Å². The first kappa shape index (κ1) is 18.3. The molecule has 0 saturated heterocycles. The summed E-state index contributed by atoms with van der Waals surface area (Å²) < 4.78 is 0. The second-order valence-electron chi connectivity index (χ2n) is 9.31. The number of Topliss-reactive ketones (excluding diaryl/α,β-unsaturated/α-hetero) is 1. The molecule has 5 nitrogen and oxygen atoms in total. The monoisotopic (exact) mass is 362 g/mol. The van der Waals surface area contributed by atoms with Gasteiger partial charge in [0.05, 0.1) is 6.10 Å². The first-order valence-corrected chi connectivity index (χ1v) is 10.0. The van der Waals surface area contributed by atoms with Crippen molar-refractivity contribution in [2.75, 3.05) is 13.2 Å². The maximum absolute atomic E-state index is 12.3. The molecule has 3 saturated carbocycles. The average Bonchev–Trinajstić information content (AvgIpc) is 3.00. The zero-order chi connectivity index (χ0) is 18.7. The van der Waals surface area contributed by atoms with Gasteiger partial charge in [0.15, 0.2) is 11.6 Å². The fourth-order valence-corrected chi connectivity index (χ4v) is 7.36. The van der Waals surface area contributed by atoms with Crippen molar-refractivity contribution in [2.45, 2.75) is 58.0 Å². The fraction of sp³-hybridized carbons (Fsp3) is 0.810. The van der Waals surface area contributed by atoms with Crippen molar-refractivity contribution in [3.8, 4) is 0 Å². The van der Waals surface area contributed by atoms with Crippen molar-refractivity contribution in [2.24, 2.45) is 34.5 Å². The Morgan fingerprint density at radius 2 is 2.00 bits per heavy atom. The number of fused-ring (bicyclic) bond motifs is 5. The van der Waals surface area contributed by atoms with E-state index in [9.17, 15) is 24.9 Å². The van der Waals surface area contributed by atoms with Crippen LogP contribution in [0, 0.1) is 34.5 Å². The van der Waals surface area contributed by atoms with E-state index < -0.39 is 18.1 Å². The summed E-state index contributed by atoms with van der Waals surface area (Å²) >= 11 is 0. The number of ketones is 2. The Kier molecular flexibility index (Phi) is 4.41. The molecule has 3 N–H and O–H groups in total. The van der Waals surface area contributed by atoms with Crippen LogP contribution < -0.4 is 0 Å². The Morgan fingerprint density at radius 1 is 1.23 bits per heavy atom. The minimum absolute atomic E-state index is 0.0863. The zero-order valence-electron chi connectivity index (χ0n) is 15.5. The number of aliphatic hydroxyl groups excluding tert-OH is 3. The molecular formula is C21H30O5. The summed E-state index contributed by atoms with van der Waals surface area (Å²) in [6.07, 6.45) is 6.31. The first-order valence-electron chi connectivity index (χ1n) is 10.0. The van der Waals surface area contributed by atoms with Gasteiger partial charge in [-0.15, -0.1) is 0 Å². The number of hydrogen-bond donors (Lipinski definition) is 3. The van der Waals surface area contributed by atoms with Gasteiger partial charge in [0, 0.05) is 24.4 Å². The first-order chi connectivity index (χ1) is 12.4. The van der Waals surface area contributed by atoms with Crippen LogP contribution in [0.3, 0.4) is 0 Å². The minimum Gasteiger partial charge on any atom is -0.396 e. The van der Waals surface area contributed by atoms with Gasteiger partial charge >= 0.3 is 0 Å². The minimum atomic E-state index is -0.595. The van der Waals surface area contributed by atoms with Crippen LogP contribution in [0.1, 0.15) is 51.9 Å². The van der Waals surface area contributed by atoms with E-state index >= 15 is 0 Å². The van der Waals surface area contributed by atoms with E-state index in [2.05, 4.69) is 6.92 Å². The number of aliphatic hydroxyl groups is 3. The molecule has 3 fully saturated rings. The van der Waals surface area contributed by atoms with Crippen LogP contribution in [0.15, 0.2) is 11.6 Å². The van der Waals surface area contributed by atoms with Crippen molar-refractivity contribution in [3.05, 3.63) is 11.6 Å². The van der Waals surface area contributed by atoms with Crippen LogP contribution in [-0.2, 0) is 9.59 Å². The summed E-state index contributed by atoms with van der Waals surface area (Å²) in [7, 11) is 0. The highest BCUT2D eigenvalue weighted by Crippen LogP contribution is 2.66. The Balaban J connectivity index is 1.72. The van der Waals surface area contributed by atoms with E-state index in [0.717, 1.165) is 25.7 Å². The van der Waals surface area contributed by atoms with Gasteiger partial charge in [-0.2, -0.15) is 0 Å². The molecule has 26 heavy (non-hydrogen) atoms. The summed E-state index contributed by atoms with van der Waals surface area (Å²) in [6, 6.07) is 0. The fourth-order valence-electron chi connectivity index (χ4n) is 7.36. The summed E-state index contributed by atoms with van der Waals surface area (Å²) in [4.78, 5) is 24.2. The van der Waals surface area contributed by atoms with Gasteiger partial charge in [-0.25, -0.2) is 0 Å². The van der Waals surface area contributed by atoms with E-state index in [0.29, 0.717) is 19.3 Å². The van der Waals surface area contributed by atoms with E-state index in [4.69, 9.17) is 0 Å². The molecular weight excluding hydrogens is 332 g/mol. The molecule has 0 aromatic carbocycles. The quantitative estimate of drug-likeness (QED) is 0.709. The van der Waals surface area contributed by atoms with Crippen molar-refractivity contribution >= 4 is 11.6 Å².